The molecule has 0 fully saturated rings. The molecule has 0 aliphatic heterocycles. The average Bonchev–Trinajstić information content (AvgIpc) is 3.16. The van der Waals surface area contributed by atoms with Crippen molar-refractivity contribution in [3.8, 4) is 22.4 Å². The lowest BCUT2D eigenvalue weighted by Crippen LogP contribution is -2.05. The molecule has 0 aliphatic rings. The van der Waals surface area contributed by atoms with E-state index in [9.17, 15) is 8.42 Å². The molecule has 0 radical (unpaired) electrons. The molecule has 0 spiro atoms. The van der Waals surface area contributed by atoms with Gasteiger partial charge in [-0.1, -0.05) is 24.3 Å². The maximum absolute atomic E-state index is 15.1. The van der Waals surface area contributed by atoms with Crippen LogP contribution in [0.2, 0.25) is 0 Å². The Labute approximate surface area is 184 Å². The van der Waals surface area contributed by atoms with E-state index in [2.05, 4.69) is 19.9 Å². The van der Waals surface area contributed by atoms with Gasteiger partial charge >= 0.3 is 0 Å². The molecule has 0 atom stereocenters. The summed E-state index contributed by atoms with van der Waals surface area (Å²) < 4.78 is 37.9. The van der Waals surface area contributed by atoms with Crippen LogP contribution >= 0.6 is 0 Å². The number of fused-ring (bicyclic) bond motifs is 3. The van der Waals surface area contributed by atoms with Gasteiger partial charge in [-0.05, 0) is 35.7 Å². The molecule has 0 bridgehead atoms. The van der Waals surface area contributed by atoms with Crippen molar-refractivity contribution in [3.05, 3.63) is 78.6 Å². The molecule has 8 heteroatoms. The van der Waals surface area contributed by atoms with Gasteiger partial charge in [0.25, 0.3) is 0 Å². The summed E-state index contributed by atoms with van der Waals surface area (Å²) in [5.74, 6) is -0.353. The normalized spacial score (nSPS) is 11.9. The highest BCUT2D eigenvalue weighted by atomic mass is 32.2. The summed E-state index contributed by atoms with van der Waals surface area (Å²) in [6.45, 7) is 0. The maximum atomic E-state index is 15.1. The Kier molecular flexibility index (Phi) is 4.94. The van der Waals surface area contributed by atoms with Gasteiger partial charge in [-0.15, -0.1) is 0 Å². The third-order valence-electron chi connectivity index (χ3n) is 5.42. The molecule has 1 aromatic carbocycles. The number of nitrogens with one attached hydrogen (secondary N) is 1. The number of aromatic amines is 1. The second-order valence-electron chi connectivity index (χ2n) is 7.76. The van der Waals surface area contributed by atoms with Gasteiger partial charge in [-0.25, -0.2) is 17.8 Å². The van der Waals surface area contributed by atoms with Crippen LogP contribution in [0.15, 0.2) is 67.3 Å². The van der Waals surface area contributed by atoms with E-state index < -0.39 is 15.7 Å². The Hall–Kier alpha value is -3.65. The quantitative estimate of drug-likeness (QED) is 0.427. The van der Waals surface area contributed by atoms with Gasteiger partial charge in [0.15, 0.2) is 0 Å². The summed E-state index contributed by atoms with van der Waals surface area (Å²) in [4.78, 5) is 16.1. The number of halogens is 1. The number of nitrogens with zero attached hydrogens (tertiary/aromatic N) is 3. The number of H-pyrrole nitrogens is 1. The zero-order chi connectivity index (χ0) is 22.3. The predicted molar refractivity (Wildman–Crippen MR) is 123 cm³/mol. The minimum absolute atomic E-state index is 0.0762. The Bertz CT molecular complexity index is 1550. The van der Waals surface area contributed by atoms with E-state index in [-0.39, 0.29) is 5.75 Å². The van der Waals surface area contributed by atoms with Crippen molar-refractivity contribution in [1.29, 1.82) is 0 Å². The second-order valence-corrected chi connectivity index (χ2v) is 10.0. The number of benzene rings is 1. The third kappa shape index (κ3) is 3.85. The molecule has 0 saturated carbocycles. The van der Waals surface area contributed by atoms with Crippen LogP contribution in [0, 0.1) is 5.82 Å². The molecule has 5 aromatic rings. The van der Waals surface area contributed by atoms with Crippen molar-refractivity contribution in [2.75, 3.05) is 12.0 Å². The number of aryl methyl sites for hydroxylation is 1. The van der Waals surface area contributed by atoms with Crippen LogP contribution < -0.4 is 0 Å². The van der Waals surface area contributed by atoms with Crippen molar-refractivity contribution in [3.63, 3.8) is 0 Å². The molecule has 160 valence electrons. The van der Waals surface area contributed by atoms with Crippen LogP contribution in [0.5, 0.6) is 0 Å². The third-order valence-corrected chi connectivity index (χ3v) is 6.37. The van der Waals surface area contributed by atoms with Gasteiger partial charge < -0.3 is 4.98 Å². The molecular weight excluding hydrogens is 427 g/mol. The van der Waals surface area contributed by atoms with Crippen molar-refractivity contribution < 1.29 is 12.8 Å². The van der Waals surface area contributed by atoms with Crippen molar-refractivity contribution >= 4 is 31.8 Å². The van der Waals surface area contributed by atoms with E-state index in [0.717, 1.165) is 27.7 Å². The van der Waals surface area contributed by atoms with Crippen LogP contribution in [0.1, 0.15) is 5.56 Å². The van der Waals surface area contributed by atoms with Gasteiger partial charge in [0.1, 0.15) is 21.3 Å². The summed E-state index contributed by atoms with van der Waals surface area (Å²) in [7, 11) is -3.05. The van der Waals surface area contributed by atoms with Gasteiger partial charge in [0.2, 0.25) is 0 Å². The molecule has 4 aromatic heterocycles. The first kappa shape index (κ1) is 20.3. The minimum atomic E-state index is -3.05. The maximum Gasteiger partial charge on any atom is 0.150 e. The standard InChI is InChI=1S/C24H19FN4O2S/c1-32(30,31)10-8-15-4-6-16(7-5-15)22-19(25)13-28-24-23(22)18-11-20(27-14-21(18)29-24)17-3-2-9-26-12-17/h2-7,9,11-14H,8,10H2,1H3,(H,28,29). The molecule has 0 unspecified atom stereocenters. The van der Waals surface area contributed by atoms with E-state index in [1.54, 1.807) is 18.6 Å². The summed E-state index contributed by atoms with van der Waals surface area (Å²) in [5, 5.41) is 1.49. The van der Waals surface area contributed by atoms with E-state index in [0.29, 0.717) is 28.6 Å². The van der Waals surface area contributed by atoms with Crippen LogP contribution in [0.3, 0.4) is 0 Å². The SMILES string of the molecule is CS(=O)(=O)CCc1ccc(-c2c(F)cnc3[nH]c4cnc(-c5cccnc5)cc4c23)cc1. The van der Waals surface area contributed by atoms with Gasteiger partial charge in [-0.2, -0.15) is 0 Å². The lowest BCUT2D eigenvalue weighted by Gasteiger charge is -2.08. The van der Waals surface area contributed by atoms with Crippen LogP contribution in [0.4, 0.5) is 4.39 Å². The van der Waals surface area contributed by atoms with Crippen LogP contribution in [-0.4, -0.2) is 40.4 Å². The molecule has 0 aliphatic carbocycles. The highest BCUT2D eigenvalue weighted by molar-refractivity contribution is 7.90. The monoisotopic (exact) mass is 446 g/mol. The highest BCUT2D eigenvalue weighted by Crippen LogP contribution is 2.36. The number of rotatable bonds is 5. The summed E-state index contributed by atoms with van der Waals surface area (Å²) >= 11 is 0. The zero-order valence-electron chi connectivity index (χ0n) is 17.2. The molecule has 32 heavy (non-hydrogen) atoms. The van der Waals surface area contributed by atoms with Gasteiger partial charge in [0, 0.05) is 40.5 Å². The first-order chi connectivity index (χ1) is 15.4. The molecule has 6 nitrogen and oxygen atoms in total. The van der Waals surface area contributed by atoms with Crippen LogP contribution in [-0.2, 0) is 16.3 Å². The fraction of sp³-hybridized carbons (Fsp3) is 0.125. The number of pyridine rings is 3. The Morgan fingerprint density at radius 3 is 2.53 bits per heavy atom. The topological polar surface area (TPSA) is 88.6 Å². The molecule has 4 heterocycles. The Morgan fingerprint density at radius 1 is 1.00 bits per heavy atom. The fourth-order valence-electron chi connectivity index (χ4n) is 3.83. The summed E-state index contributed by atoms with van der Waals surface area (Å²) in [6.07, 6.45) is 7.99. The van der Waals surface area contributed by atoms with E-state index in [1.165, 1.54) is 12.5 Å². The minimum Gasteiger partial charge on any atom is -0.338 e. The lowest BCUT2D eigenvalue weighted by molar-refractivity contribution is 0.601. The van der Waals surface area contributed by atoms with E-state index in [4.69, 9.17) is 0 Å². The number of hydrogen-bond acceptors (Lipinski definition) is 5. The first-order valence-electron chi connectivity index (χ1n) is 10.0. The summed E-state index contributed by atoms with van der Waals surface area (Å²) in [5.41, 5.74) is 4.95. The number of aromatic nitrogens is 4. The number of sulfone groups is 1. The highest BCUT2D eigenvalue weighted by Gasteiger charge is 2.17. The molecule has 0 amide bonds. The predicted octanol–water partition coefficient (Wildman–Crippen LogP) is 4.57. The average molecular weight is 447 g/mol. The smallest absolute Gasteiger partial charge is 0.150 e. The van der Waals surface area contributed by atoms with Crippen molar-refractivity contribution in [2.24, 2.45) is 0 Å². The first-order valence-corrected chi connectivity index (χ1v) is 12.1. The largest absolute Gasteiger partial charge is 0.338 e. The van der Waals surface area contributed by atoms with Crippen LogP contribution in [0.25, 0.3) is 44.3 Å². The lowest BCUT2D eigenvalue weighted by atomic mass is 9.99. The van der Waals surface area contributed by atoms with E-state index >= 15 is 4.39 Å². The molecule has 0 saturated heterocycles. The molecular formula is C24H19FN4O2S. The van der Waals surface area contributed by atoms with Crippen molar-refractivity contribution in [1.82, 2.24) is 19.9 Å². The Balaban J connectivity index is 1.65. The van der Waals surface area contributed by atoms with E-state index in [1.807, 2.05) is 42.5 Å². The van der Waals surface area contributed by atoms with Gasteiger partial charge in [0.05, 0.1) is 29.4 Å². The van der Waals surface area contributed by atoms with Gasteiger partial charge in [-0.3, -0.25) is 9.97 Å². The Morgan fingerprint density at radius 2 is 1.81 bits per heavy atom. The zero-order valence-corrected chi connectivity index (χ0v) is 18.0. The molecule has 5 rings (SSSR count). The second kappa shape index (κ2) is 7.80. The summed E-state index contributed by atoms with van der Waals surface area (Å²) in [6, 6.07) is 13.0. The van der Waals surface area contributed by atoms with Crippen molar-refractivity contribution in [2.45, 2.75) is 6.42 Å². The molecule has 1 N–H and O–H groups in total. The fourth-order valence-corrected chi connectivity index (χ4v) is 4.44. The number of hydrogen-bond donors (Lipinski definition) is 1.